The number of hydrogen-bond acceptors (Lipinski definition) is 4. The van der Waals surface area contributed by atoms with Crippen LogP contribution in [0.25, 0.3) is 0 Å². The molecule has 1 aliphatic heterocycles. The molecule has 1 atom stereocenters. The fourth-order valence-corrected chi connectivity index (χ4v) is 4.41. The summed E-state index contributed by atoms with van der Waals surface area (Å²) in [7, 11) is 0. The highest BCUT2D eigenvalue weighted by atomic mass is 32.1. The standard InChI is InChI=1S/C22H21N3O2S/c1-15(26)23-22-24-19(14-28-22)21(27)25-12-11-17-9-5-6-10-18(17)20(25)13-16-7-3-2-4-8-16/h2-10,14,20H,11-13H2,1H3,(H,23,24,26)/t20-/m1/s1. The Kier molecular flexibility index (Phi) is 5.21. The predicted octanol–water partition coefficient (Wildman–Crippen LogP) is 4.08. The molecule has 0 radical (unpaired) electrons. The summed E-state index contributed by atoms with van der Waals surface area (Å²) in [6.07, 6.45) is 1.59. The summed E-state index contributed by atoms with van der Waals surface area (Å²) in [5.74, 6) is -0.287. The van der Waals surface area contributed by atoms with Gasteiger partial charge in [0.2, 0.25) is 5.91 Å². The molecule has 0 fully saturated rings. The van der Waals surface area contributed by atoms with Gasteiger partial charge in [-0.15, -0.1) is 11.3 Å². The lowest BCUT2D eigenvalue weighted by molar-refractivity contribution is -0.114. The summed E-state index contributed by atoms with van der Waals surface area (Å²) in [4.78, 5) is 30.8. The van der Waals surface area contributed by atoms with E-state index in [1.165, 1.54) is 35.0 Å². The van der Waals surface area contributed by atoms with Crippen molar-refractivity contribution in [3.63, 3.8) is 0 Å². The largest absolute Gasteiger partial charge is 0.330 e. The Morgan fingerprint density at radius 2 is 1.89 bits per heavy atom. The molecular weight excluding hydrogens is 370 g/mol. The van der Waals surface area contributed by atoms with Crippen molar-refractivity contribution >= 4 is 28.3 Å². The zero-order valence-corrected chi connectivity index (χ0v) is 16.4. The molecule has 0 spiro atoms. The van der Waals surface area contributed by atoms with E-state index in [9.17, 15) is 9.59 Å². The van der Waals surface area contributed by atoms with Crippen molar-refractivity contribution in [2.45, 2.75) is 25.8 Å². The maximum Gasteiger partial charge on any atom is 0.273 e. The number of thiazole rings is 1. The number of amides is 2. The van der Waals surface area contributed by atoms with Crippen molar-refractivity contribution in [1.82, 2.24) is 9.88 Å². The van der Waals surface area contributed by atoms with Crippen molar-refractivity contribution in [3.05, 3.63) is 82.4 Å². The molecule has 28 heavy (non-hydrogen) atoms. The summed E-state index contributed by atoms with van der Waals surface area (Å²) in [5, 5.41) is 4.82. The molecule has 3 aromatic rings. The van der Waals surface area contributed by atoms with Crippen LogP contribution in [0, 0.1) is 0 Å². The molecule has 6 heteroatoms. The van der Waals surface area contributed by atoms with Gasteiger partial charge in [-0.3, -0.25) is 9.59 Å². The summed E-state index contributed by atoms with van der Waals surface area (Å²) in [6, 6.07) is 18.5. The molecule has 0 saturated carbocycles. The van der Waals surface area contributed by atoms with E-state index in [1.54, 1.807) is 5.38 Å². The maximum atomic E-state index is 13.3. The second kappa shape index (κ2) is 7.94. The van der Waals surface area contributed by atoms with Crippen molar-refractivity contribution in [2.75, 3.05) is 11.9 Å². The molecule has 2 heterocycles. The zero-order valence-electron chi connectivity index (χ0n) is 15.6. The Balaban J connectivity index is 1.65. The van der Waals surface area contributed by atoms with Gasteiger partial charge in [0.15, 0.2) is 5.13 Å². The second-order valence-electron chi connectivity index (χ2n) is 6.87. The van der Waals surface area contributed by atoms with Gasteiger partial charge < -0.3 is 10.2 Å². The van der Waals surface area contributed by atoms with E-state index in [0.717, 1.165) is 12.8 Å². The number of anilines is 1. The number of carbonyl (C=O) groups is 2. The summed E-state index contributed by atoms with van der Waals surface area (Å²) < 4.78 is 0. The lowest BCUT2D eigenvalue weighted by Crippen LogP contribution is -2.41. The molecule has 2 amide bonds. The van der Waals surface area contributed by atoms with E-state index in [2.05, 4.69) is 40.6 Å². The van der Waals surface area contributed by atoms with E-state index < -0.39 is 0 Å². The first kappa shape index (κ1) is 18.4. The quantitative estimate of drug-likeness (QED) is 0.729. The minimum absolute atomic E-state index is 0.0363. The third kappa shape index (κ3) is 3.82. The van der Waals surface area contributed by atoms with Gasteiger partial charge in [0.25, 0.3) is 5.91 Å². The number of rotatable bonds is 4. The molecule has 0 bridgehead atoms. The molecule has 0 unspecified atom stereocenters. The van der Waals surface area contributed by atoms with Gasteiger partial charge in [0, 0.05) is 18.8 Å². The molecule has 5 nitrogen and oxygen atoms in total. The third-order valence-corrected chi connectivity index (χ3v) is 5.71. The van der Waals surface area contributed by atoms with Gasteiger partial charge in [-0.2, -0.15) is 0 Å². The lowest BCUT2D eigenvalue weighted by Gasteiger charge is -2.37. The molecule has 2 aromatic carbocycles. The second-order valence-corrected chi connectivity index (χ2v) is 7.73. The van der Waals surface area contributed by atoms with Crippen LogP contribution in [0.4, 0.5) is 5.13 Å². The minimum atomic E-state index is -0.192. The highest BCUT2D eigenvalue weighted by Gasteiger charge is 2.32. The van der Waals surface area contributed by atoms with E-state index in [0.29, 0.717) is 17.4 Å². The number of carbonyl (C=O) groups excluding carboxylic acids is 2. The number of aromatic nitrogens is 1. The van der Waals surface area contributed by atoms with Crippen LogP contribution < -0.4 is 5.32 Å². The zero-order chi connectivity index (χ0) is 19.5. The Labute approximate surface area is 168 Å². The highest BCUT2D eigenvalue weighted by molar-refractivity contribution is 7.14. The monoisotopic (exact) mass is 391 g/mol. The predicted molar refractivity (Wildman–Crippen MR) is 110 cm³/mol. The van der Waals surface area contributed by atoms with Crippen molar-refractivity contribution < 1.29 is 9.59 Å². The summed E-state index contributed by atoms with van der Waals surface area (Å²) in [5.41, 5.74) is 4.07. The highest BCUT2D eigenvalue weighted by Crippen LogP contribution is 2.34. The van der Waals surface area contributed by atoms with Gasteiger partial charge in [0.05, 0.1) is 6.04 Å². The average molecular weight is 391 g/mol. The van der Waals surface area contributed by atoms with Gasteiger partial charge in [-0.25, -0.2) is 4.98 Å². The van der Waals surface area contributed by atoms with Crippen LogP contribution in [0.3, 0.4) is 0 Å². The third-order valence-electron chi connectivity index (χ3n) is 4.95. The fourth-order valence-electron chi connectivity index (χ4n) is 3.68. The van der Waals surface area contributed by atoms with E-state index >= 15 is 0 Å². The van der Waals surface area contributed by atoms with Crippen molar-refractivity contribution in [1.29, 1.82) is 0 Å². The van der Waals surface area contributed by atoms with E-state index in [4.69, 9.17) is 0 Å². The first-order chi connectivity index (χ1) is 13.6. The Bertz CT molecular complexity index is 1000. The fraction of sp³-hybridized carbons (Fsp3) is 0.227. The normalized spacial score (nSPS) is 15.8. The number of fused-ring (bicyclic) bond motifs is 1. The van der Waals surface area contributed by atoms with Crippen molar-refractivity contribution in [3.8, 4) is 0 Å². The number of hydrogen-bond donors (Lipinski definition) is 1. The first-order valence-corrected chi connectivity index (χ1v) is 10.2. The summed E-state index contributed by atoms with van der Waals surface area (Å²) >= 11 is 1.27. The number of nitrogens with one attached hydrogen (secondary N) is 1. The minimum Gasteiger partial charge on any atom is -0.330 e. The SMILES string of the molecule is CC(=O)Nc1nc(C(=O)N2CCc3ccccc3[C@H]2Cc2ccccc2)cs1. The van der Waals surface area contributed by atoms with Crippen LogP contribution >= 0.6 is 11.3 Å². The lowest BCUT2D eigenvalue weighted by atomic mass is 9.88. The van der Waals surface area contributed by atoms with Crippen LogP contribution in [0.15, 0.2) is 60.0 Å². The maximum absolute atomic E-state index is 13.3. The molecule has 4 rings (SSSR count). The van der Waals surface area contributed by atoms with E-state index in [1.807, 2.05) is 29.2 Å². The number of nitrogens with zero attached hydrogens (tertiary/aromatic N) is 2. The molecule has 0 saturated heterocycles. The smallest absolute Gasteiger partial charge is 0.273 e. The van der Waals surface area contributed by atoms with Crippen LogP contribution in [0.5, 0.6) is 0 Å². The molecular formula is C22H21N3O2S. The van der Waals surface area contributed by atoms with E-state index in [-0.39, 0.29) is 17.9 Å². The average Bonchev–Trinajstić information content (AvgIpc) is 3.16. The van der Waals surface area contributed by atoms with Gasteiger partial charge in [0.1, 0.15) is 5.69 Å². The Morgan fingerprint density at radius 3 is 2.68 bits per heavy atom. The van der Waals surface area contributed by atoms with Gasteiger partial charge >= 0.3 is 0 Å². The first-order valence-electron chi connectivity index (χ1n) is 9.27. The molecule has 142 valence electrons. The molecule has 1 aromatic heterocycles. The Morgan fingerprint density at radius 1 is 1.14 bits per heavy atom. The van der Waals surface area contributed by atoms with Crippen LogP contribution in [-0.4, -0.2) is 28.2 Å². The van der Waals surface area contributed by atoms with Crippen LogP contribution in [0.2, 0.25) is 0 Å². The summed E-state index contributed by atoms with van der Waals surface area (Å²) in [6.45, 7) is 2.08. The van der Waals surface area contributed by atoms with Crippen LogP contribution in [-0.2, 0) is 17.6 Å². The van der Waals surface area contributed by atoms with Gasteiger partial charge in [-0.05, 0) is 29.5 Å². The van der Waals surface area contributed by atoms with Gasteiger partial charge in [-0.1, -0.05) is 54.6 Å². The number of benzene rings is 2. The van der Waals surface area contributed by atoms with Crippen molar-refractivity contribution in [2.24, 2.45) is 0 Å². The molecule has 1 aliphatic rings. The Hall–Kier alpha value is -2.99. The van der Waals surface area contributed by atoms with Crippen LogP contribution in [0.1, 0.15) is 40.1 Å². The molecule has 1 N–H and O–H groups in total. The topological polar surface area (TPSA) is 62.3 Å². The molecule has 0 aliphatic carbocycles.